The number of alkyl halides is 3. The van der Waals surface area contributed by atoms with Crippen molar-refractivity contribution in [3.05, 3.63) is 0 Å². The Kier molecular flexibility index (Phi) is 20.2. The number of carbonyl (C=O) groups is 6. The van der Waals surface area contributed by atoms with Crippen molar-refractivity contribution in [3.8, 4) is 0 Å². The van der Waals surface area contributed by atoms with Crippen molar-refractivity contribution in [3.63, 3.8) is 0 Å². The minimum atomic E-state index is -4.00. The van der Waals surface area contributed by atoms with E-state index in [4.69, 9.17) is 5.73 Å². The summed E-state index contributed by atoms with van der Waals surface area (Å²) in [7, 11) is 0. The molecule has 1 heterocycles. The Bertz CT molecular complexity index is 1010. The van der Waals surface area contributed by atoms with Gasteiger partial charge in [-0.3, -0.25) is 24.0 Å². The van der Waals surface area contributed by atoms with Crippen LogP contribution in [0.2, 0.25) is 0 Å². The van der Waals surface area contributed by atoms with Crippen LogP contribution in [-0.2, 0) is 28.7 Å². The molecule has 1 saturated carbocycles. The number of ketones is 1. The summed E-state index contributed by atoms with van der Waals surface area (Å²) in [6.45, 7) is 19.9. The van der Waals surface area contributed by atoms with Crippen LogP contribution in [-0.4, -0.2) is 83.4 Å². The monoisotopic (exact) mass is 681 g/mol. The molecule has 0 aromatic carbocycles. The number of nitrogens with two attached hydrogens (primary N) is 1. The molecule has 5 amide bonds. The van der Waals surface area contributed by atoms with Gasteiger partial charge in [-0.25, -0.2) is 4.79 Å². The summed E-state index contributed by atoms with van der Waals surface area (Å²) in [5.41, 5.74) is 4.25. The van der Waals surface area contributed by atoms with Gasteiger partial charge in [0, 0.05) is 19.5 Å². The molecule has 0 aromatic rings. The van der Waals surface area contributed by atoms with Crippen LogP contribution in [0.3, 0.4) is 0 Å². The van der Waals surface area contributed by atoms with Gasteiger partial charge in [0.2, 0.25) is 17.6 Å². The second-order valence-electron chi connectivity index (χ2n) is 14.0. The largest absolute Gasteiger partial charge is 0.462 e. The quantitative estimate of drug-likeness (QED) is 0.195. The molecule has 1 aliphatic heterocycles. The Morgan fingerprint density at radius 2 is 1.40 bits per heavy atom. The van der Waals surface area contributed by atoms with Gasteiger partial charge >= 0.3 is 12.2 Å². The fourth-order valence-corrected chi connectivity index (χ4v) is 4.05. The van der Waals surface area contributed by atoms with Crippen LogP contribution in [0.25, 0.3) is 0 Å². The molecule has 0 spiro atoms. The van der Waals surface area contributed by atoms with Crippen molar-refractivity contribution >= 4 is 36.0 Å². The number of primary amides is 1. The zero-order valence-corrected chi connectivity index (χ0v) is 29.9. The molecule has 15 heteroatoms. The summed E-state index contributed by atoms with van der Waals surface area (Å²) >= 11 is 0. The average molecular weight is 682 g/mol. The van der Waals surface area contributed by atoms with E-state index in [1.807, 2.05) is 55.4 Å². The Morgan fingerprint density at radius 3 is 1.74 bits per heavy atom. The van der Waals surface area contributed by atoms with Crippen molar-refractivity contribution in [1.29, 1.82) is 0 Å². The fraction of sp³-hybridized carbons (Fsp3) is 0.812. The molecule has 3 atom stereocenters. The molecule has 2 rings (SSSR count). The number of ether oxygens (including phenoxy) is 1. The van der Waals surface area contributed by atoms with Gasteiger partial charge < -0.3 is 31.3 Å². The van der Waals surface area contributed by atoms with Crippen LogP contribution in [0.5, 0.6) is 0 Å². The van der Waals surface area contributed by atoms with Crippen molar-refractivity contribution in [2.75, 3.05) is 6.54 Å². The van der Waals surface area contributed by atoms with Crippen molar-refractivity contribution < 1.29 is 46.7 Å². The molecule has 1 saturated heterocycles. The molecule has 2 aliphatic rings. The van der Waals surface area contributed by atoms with E-state index in [1.54, 1.807) is 0 Å². The summed E-state index contributed by atoms with van der Waals surface area (Å²) in [6, 6.07) is -3.14. The van der Waals surface area contributed by atoms with E-state index in [0.29, 0.717) is 38.2 Å². The highest BCUT2D eigenvalue weighted by Crippen LogP contribution is 2.34. The summed E-state index contributed by atoms with van der Waals surface area (Å²) in [5.74, 6) is -2.44. The molecule has 47 heavy (non-hydrogen) atoms. The Hall–Kier alpha value is -3.39. The summed E-state index contributed by atoms with van der Waals surface area (Å²) < 4.78 is 35.6. The number of Topliss-reactive ketones (excluding diaryl/α,β-unsaturated/α-hetero) is 1. The van der Waals surface area contributed by atoms with E-state index in [2.05, 4.69) is 34.5 Å². The van der Waals surface area contributed by atoms with Crippen molar-refractivity contribution in [1.82, 2.24) is 20.9 Å². The molecule has 0 aromatic heterocycles. The molecular formula is C32H58F3N5O7. The summed E-state index contributed by atoms with van der Waals surface area (Å²) in [5, 5.41) is 8.12. The van der Waals surface area contributed by atoms with Gasteiger partial charge in [-0.1, -0.05) is 53.9 Å². The minimum absolute atomic E-state index is 0.0952. The number of rotatable bonds is 10. The maximum atomic E-state index is 13.4. The van der Waals surface area contributed by atoms with Crippen LogP contribution < -0.4 is 21.7 Å². The number of likely N-dealkylation sites (tertiary alicyclic amines) is 1. The first-order chi connectivity index (χ1) is 21.3. The highest BCUT2D eigenvalue weighted by Gasteiger charge is 2.43. The van der Waals surface area contributed by atoms with E-state index in [-0.39, 0.29) is 24.5 Å². The lowest BCUT2D eigenvalue weighted by atomic mass is 9.85. The first-order valence-corrected chi connectivity index (χ1v) is 16.0. The third-order valence-corrected chi connectivity index (χ3v) is 6.19. The molecule has 1 aliphatic carbocycles. The third-order valence-electron chi connectivity index (χ3n) is 6.19. The molecular weight excluding hydrogens is 623 g/mol. The Balaban J connectivity index is 0. The minimum Gasteiger partial charge on any atom is -0.462 e. The van der Waals surface area contributed by atoms with Crippen LogP contribution in [0, 0.1) is 11.3 Å². The average Bonchev–Trinajstić information content (AvgIpc) is 3.55. The van der Waals surface area contributed by atoms with E-state index >= 15 is 0 Å². The maximum Gasteiger partial charge on any atom is 0.386 e. The number of hydrogen-bond donors (Lipinski definition) is 4. The lowest BCUT2D eigenvalue weighted by Crippen LogP contribution is -2.60. The second kappa shape index (κ2) is 20.8. The lowest BCUT2D eigenvalue weighted by Gasteiger charge is -2.35. The second-order valence-corrected chi connectivity index (χ2v) is 14.0. The van der Waals surface area contributed by atoms with Gasteiger partial charge in [0.15, 0.2) is 0 Å². The number of carbonyl (C=O) groups excluding carboxylic acids is 6. The van der Waals surface area contributed by atoms with Gasteiger partial charge in [0.05, 0.1) is 6.04 Å². The van der Waals surface area contributed by atoms with Gasteiger partial charge in [-0.05, 0) is 65.2 Å². The van der Waals surface area contributed by atoms with Crippen LogP contribution in [0.1, 0.15) is 115 Å². The molecule has 274 valence electrons. The third kappa shape index (κ3) is 22.7. The number of urea groups is 1. The maximum absolute atomic E-state index is 13.4. The van der Waals surface area contributed by atoms with Crippen LogP contribution >= 0.6 is 0 Å². The number of nitrogens with zero attached hydrogens (tertiary/aromatic N) is 1. The van der Waals surface area contributed by atoms with Gasteiger partial charge in [0.25, 0.3) is 12.4 Å². The zero-order chi connectivity index (χ0) is 37.3. The van der Waals surface area contributed by atoms with Crippen LogP contribution in [0.4, 0.5) is 18.0 Å². The SMILES string of the molecule is CC(C)(C)OC=O.CC(C)NC(=O)NC(C(=O)N1CCC[C@H]1C(=O)NC(CC1CC1)C(=O)C(N)=O)C(C)(C)C.CC(F)(F)F.CCC. The smallest absolute Gasteiger partial charge is 0.386 e. The van der Waals surface area contributed by atoms with Crippen molar-refractivity contribution in [2.24, 2.45) is 17.1 Å². The highest BCUT2D eigenvalue weighted by molar-refractivity contribution is 6.37. The first kappa shape index (κ1) is 45.7. The number of halogens is 3. The van der Waals surface area contributed by atoms with Gasteiger partial charge in [-0.15, -0.1) is 0 Å². The van der Waals surface area contributed by atoms with E-state index < -0.39 is 53.3 Å². The molecule has 12 nitrogen and oxygen atoms in total. The normalized spacial score (nSPS) is 17.2. The van der Waals surface area contributed by atoms with Crippen LogP contribution in [0.15, 0.2) is 0 Å². The Morgan fingerprint density at radius 1 is 0.915 bits per heavy atom. The highest BCUT2D eigenvalue weighted by atomic mass is 19.4. The van der Waals surface area contributed by atoms with E-state index in [1.165, 1.54) is 11.3 Å². The van der Waals surface area contributed by atoms with Gasteiger partial charge in [-0.2, -0.15) is 13.2 Å². The predicted octanol–water partition coefficient (Wildman–Crippen LogP) is 4.38. The summed E-state index contributed by atoms with van der Waals surface area (Å²) in [6.07, 6.45) is 0.576. The van der Waals surface area contributed by atoms with E-state index in [0.717, 1.165) is 12.8 Å². The molecule has 2 unspecified atom stereocenters. The zero-order valence-electron chi connectivity index (χ0n) is 29.9. The molecule has 5 N–H and O–H groups in total. The standard InChI is InChI=1S/C22H37N5O5.C5H10O2.C3H8.C2H3F3/c1-12(2)24-21(32)26-17(22(3,4)5)20(31)27-10-6-7-15(27)19(30)25-14(11-13-8-9-13)16(28)18(23)29;1-5(2,3)7-4-6;1-3-2;1-2(3,4)5/h12-15,17H,6-11H2,1-5H3,(H2,23,29)(H,25,30)(H2,24,26,32);4H,1-3H3;3H2,1-2H3;1H3/t14?,15-,17?;;;/m0.../s1. The lowest BCUT2D eigenvalue weighted by molar-refractivity contribution is -0.143. The summed E-state index contributed by atoms with van der Waals surface area (Å²) in [4.78, 5) is 73.4. The topological polar surface area (TPSA) is 177 Å². The number of amides is 5. The molecule has 0 bridgehead atoms. The van der Waals surface area contributed by atoms with Crippen molar-refractivity contribution in [2.45, 2.75) is 151 Å². The first-order valence-electron chi connectivity index (χ1n) is 16.0. The molecule has 0 radical (unpaired) electrons. The number of nitrogens with one attached hydrogen (secondary N) is 3. The fourth-order valence-electron chi connectivity index (χ4n) is 4.05. The number of hydrogen-bond acceptors (Lipinski definition) is 7. The predicted molar refractivity (Wildman–Crippen MR) is 173 cm³/mol. The van der Waals surface area contributed by atoms with E-state index in [9.17, 15) is 41.9 Å². The van der Waals surface area contributed by atoms with Gasteiger partial charge in [0.1, 0.15) is 17.7 Å². The molecule has 2 fully saturated rings. The Labute approximate surface area is 277 Å².